The lowest BCUT2D eigenvalue weighted by molar-refractivity contribution is 0.273. The molecule has 15 heavy (non-hydrogen) atoms. The quantitative estimate of drug-likeness (QED) is 0.752. The second-order valence-electron chi connectivity index (χ2n) is 4.10. The predicted octanol–water partition coefficient (Wildman–Crippen LogP) is 1.88. The molecule has 3 nitrogen and oxygen atoms in total. The van der Waals surface area contributed by atoms with Gasteiger partial charge in [-0.1, -0.05) is 0 Å². The fourth-order valence-electron chi connectivity index (χ4n) is 1.21. The Labute approximate surface area is 96.5 Å². The van der Waals surface area contributed by atoms with Crippen LogP contribution in [0, 0.1) is 6.92 Å². The van der Waals surface area contributed by atoms with Gasteiger partial charge in [0.15, 0.2) is 0 Å². The van der Waals surface area contributed by atoms with Gasteiger partial charge in [0.05, 0.1) is 5.01 Å². The molecule has 1 aromatic rings. The minimum absolute atomic E-state index is 0.623. The highest BCUT2D eigenvalue weighted by Crippen LogP contribution is 2.10. The van der Waals surface area contributed by atoms with Crippen molar-refractivity contribution < 1.29 is 0 Å². The number of thiazole rings is 1. The number of hydrogen-bond acceptors (Lipinski definition) is 4. The zero-order valence-corrected chi connectivity index (χ0v) is 10.9. The third kappa shape index (κ3) is 4.73. The fourth-order valence-corrected chi connectivity index (χ4v) is 1.98. The summed E-state index contributed by atoms with van der Waals surface area (Å²) >= 11 is 1.77. The highest BCUT2D eigenvalue weighted by molar-refractivity contribution is 7.11. The molecule has 1 rings (SSSR count). The van der Waals surface area contributed by atoms with E-state index in [0.717, 1.165) is 24.6 Å². The summed E-state index contributed by atoms with van der Waals surface area (Å²) in [5, 5.41) is 4.57. The first-order valence-electron chi connectivity index (χ1n) is 5.42. The van der Waals surface area contributed by atoms with E-state index >= 15 is 0 Å². The number of nitrogens with one attached hydrogen (secondary N) is 1. The van der Waals surface area contributed by atoms with Crippen molar-refractivity contribution >= 4 is 11.3 Å². The van der Waals surface area contributed by atoms with Gasteiger partial charge in [-0.15, -0.1) is 11.3 Å². The maximum absolute atomic E-state index is 4.23. The van der Waals surface area contributed by atoms with Crippen LogP contribution < -0.4 is 5.32 Å². The zero-order chi connectivity index (χ0) is 11.3. The Morgan fingerprint density at radius 3 is 2.80 bits per heavy atom. The van der Waals surface area contributed by atoms with Crippen LogP contribution in [0.25, 0.3) is 0 Å². The molecule has 0 fully saturated rings. The molecule has 0 saturated heterocycles. The second-order valence-corrected chi connectivity index (χ2v) is 5.42. The number of rotatable bonds is 6. The molecule has 4 heteroatoms. The van der Waals surface area contributed by atoms with Crippen molar-refractivity contribution in [2.75, 3.05) is 20.1 Å². The topological polar surface area (TPSA) is 28.2 Å². The maximum Gasteiger partial charge on any atom is 0.0897 e. The average Bonchev–Trinajstić information content (AvgIpc) is 2.58. The molecule has 0 saturated carbocycles. The van der Waals surface area contributed by atoms with Crippen LogP contribution in [0.15, 0.2) is 6.20 Å². The van der Waals surface area contributed by atoms with Crippen LogP contribution in [0.2, 0.25) is 0 Å². The van der Waals surface area contributed by atoms with Crippen molar-refractivity contribution in [3.8, 4) is 0 Å². The van der Waals surface area contributed by atoms with E-state index in [1.54, 1.807) is 11.3 Å². The first-order valence-corrected chi connectivity index (χ1v) is 6.23. The third-order valence-corrected chi connectivity index (χ3v) is 3.40. The fraction of sp³-hybridized carbons (Fsp3) is 0.727. The summed E-state index contributed by atoms with van der Waals surface area (Å²) in [7, 11) is 2.16. The molecule has 0 amide bonds. The summed E-state index contributed by atoms with van der Waals surface area (Å²) in [6.45, 7) is 9.54. The molecular weight excluding hydrogens is 206 g/mol. The number of aromatic nitrogens is 1. The Balaban J connectivity index is 2.12. The summed E-state index contributed by atoms with van der Waals surface area (Å²) in [6, 6.07) is 0.623. The molecule has 0 bridgehead atoms. The van der Waals surface area contributed by atoms with Crippen molar-refractivity contribution in [3.05, 3.63) is 16.1 Å². The number of likely N-dealkylation sites (N-methyl/N-ethyl adjacent to an activating group) is 1. The zero-order valence-electron chi connectivity index (χ0n) is 10.1. The van der Waals surface area contributed by atoms with E-state index < -0.39 is 0 Å². The van der Waals surface area contributed by atoms with Gasteiger partial charge in [-0.3, -0.25) is 0 Å². The van der Waals surface area contributed by atoms with Crippen molar-refractivity contribution in [2.24, 2.45) is 0 Å². The molecule has 0 spiro atoms. The summed E-state index contributed by atoms with van der Waals surface area (Å²) in [5.74, 6) is 0. The highest BCUT2D eigenvalue weighted by Gasteiger charge is 2.02. The molecule has 0 aliphatic heterocycles. The van der Waals surface area contributed by atoms with E-state index in [0.29, 0.717) is 6.04 Å². The summed E-state index contributed by atoms with van der Waals surface area (Å²) in [5.41, 5.74) is 0. The van der Waals surface area contributed by atoms with Crippen molar-refractivity contribution in [1.82, 2.24) is 15.2 Å². The SMILES string of the molecule is Cc1ncc(CNCCN(C)C(C)C)s1. The van der Waals surface area contributed by atoms with E-state index in [1.807, 2.05) is 13.1 Å². The molecule has 0 aliphatic carbocycles. The molecule has 0 aliphatic rings. The second kappa shape index (κ2) is 6.20. The summed E-state index contributed by atoms with van der Waals surface area (Å²) < 4.78 is 0. The minimum Gasteiger partial charge on any atom is -0.311 e. The Morgan fingerprint density at radius 1 is 1.53 bits per heavy atom. The molecule has 0 radical (unpaired) electrons. The van der Waals surface area contributed by atoms with E-state index in [-0.39, 0.29) is 0 Å². The number of aryl methyl sites for hydroxylation is 1. The van der Waals surface area contributed by atoms with Crippen molar-refractivity contribution in [2.45, 2.75) is 33.4 Å². The van der Waals surface area contributed by atoms with Crippen LogP contribution in [0.5, 0.6) is 0 Å². The van der Waals surface area contributed by atoms with Gasteiger partial charge in [0.25, 0.3) is 0 Å². The van der Waals surface area contributed by atoms with Crippen LogP contribution in [0.1, 0.15) is 23.7 Å². The largest absolute Gasteiger partial charge is 0.311 e. The van der Waals surface area contributed by atoms with E-state index in [1.165, 1.54) is 4.88 Å². The molecular formula is C11H21N3S. The van der Waals surface area contributed by atoms with Crippen LogP contribution in [-0.2, 0) is 6.54 Å². The van der Waals surface area contributed by atoms with Gasteiger partial charge in [-0.25, -0.2) is 4.98 Å². The van der Waals surface area contributed by atoms with Gasteiger partial charge in [0.1, 0.15) is 0 Å². The monoisotopic (exact) mass is 227 g/mol. The normalized spacial score (nSPS) is 11.6. The van der Waals surface area contributed by atoms with Gasteiger partial charge in [0, 0.05) is 36.8 Å². The van der Waals surface area contributed by atoms with Gasteiger partial charge >= 0.3 is 0 Å². The number of nitrogens with zero attached hydrogens (tertiary/aromatic N) is 2. The van der Waals surface area contributed by atoms with Crippen LogP contribution in [0.3, 0.4) is 0 Å². The van der Waals surface area contributed by atoms with Crippen molar-refractivity contribution in [3.63, 3.8) is 0 Å². The molecule has 1 N–H and O–H groups in total. The van der Waals surface area contributed by atoms with Gasteiger partial charge in [-0.05, 0) is 27.8 Å². The molecule has 0 atom stereocenters. The summed E-state index contributed by atoms with van der Waals surface area (Å²) in [4.78, 5) is 7.88. The minimum atomic E-state index is 0.623. The van der Waals surface area contributed by atoms with Crippen LogP contribution in [0.4, 0.5) is 0 Å². The van der Waals surface area contributed by atoms with E-state index in [9.17, 15) is 0 Å². The lowest BCUT2D eigenvalue weighted by Gasteiger charge is -2.20. The molecule has 1 aromatic heterocycles. The molecule has 0 aromatic carbocycles. The maximum atomic E-state index is 4.23. The van der Waals surface area contributed by atoms with Gasteiger partial charge in [-0.2, -0.15) is 0 Å². The highest BCUT2D eigenvalue weighted by atomic mass is 32.1. The Kier molecular flexibility index (Phi) is 5.22. The predicted molar refractivity (Wildman–Crippen MR) is 66.3 cm³/mol. The lowest BCUT2D eigenvalue weighted by atomic mass is 10.3. The van der Waals surface area contributed by atoms with Crippen molar-refractivity contribution in [1.29, 1.82) is 0 Å². The first-order chi connectivity index (χ1) is 7.09. The van der Waals surface area contributed by atoms with E-state index in [2.05, 4.69) is 36.1 Å². The third-order valence-electron chi connectivity index (χ3n) is 2.49. The Morgan fingerprint density at radius 2 is 2.27 bits per heavy atom. The van der Waals surface area contributed by atoms with Crippen LogP contribution >= 0.6 is 11.3 Å². The molecule has 86 valence electrons. The number of hydrogen-bond donors (Lipinski definition) is 1. The smallest absolute Gasteiger partial charge is 0.0897 e. The Hall–Kier alpha value is -0.450. The van der Waals surface area contributed by atoms with Gasteiger partial charge in [0.2, 0.25) is 0 Å². The van der Waals surface area contributed by atoms with E-state index in [4.69, 9.17) is 0 Å². The Bertz CT molecular complexity index is 283. The van der Waals surface area contributed by atoms with Crippen LogP contribution in [-0.4, -0.2) is 36.1 Å². The lowest BCUT2D eigenvalue weighted by Crippen LogP contribution is -2.33. The molecule has 0 unspecified atom stereocenters. The summed E-state index contributed by atoms with van der Waals surface area (Å²) in [6.07, 6.45) is 1.96. The standard InChI is InChI=1S/C11H21N3S/c1-9(2)14(4)6-5-12-7-11-8-13-10(3)15-11/h8-9,12H,5-7H2,1-4H3. The van der Waals surface area contributed by atoms with Gasteiger partial charge < -0.3 is 10.2 Å². The first kappa shape index (κ1) is 12.6. The molecule has 1 heterocycles. The average molecular weight is 227 g/mol.